The van der Waals surface area contributed by atoms with Crippen molar-refractivity contribution < 1.29 is 9.59 Å². The number of amides is 2. The Hall–Kier alpha value is -0.710. The Kier molecular flexibility index (Phi) is 6.01. The first-order valence-electron chi connectivity index (χ1n) is 7.40. The standard InChI is InChI=1S/C14H24N2O2S/c17-13(15-7-3-1-4-8-15)11-19-12-14(18)16-9-5-2-6-10-16/h1-12H2. The second-order valence-electron chi connectivity index (χ2n) is 5.38. The average molecular weight is 284 g/mol. The summed E-state index contributed by atoms with van der Waals surface area (Å²) in [5, 5.41) is 0. The fourth-order valence-corrected chi connectivity index (χ4v) is 3.51. The predicted octanol–water partition coefficient (Wildman–Crippen LogP) is 1.74. The number of piperidine rings is 2. The highest BCUT2D eigenvalue weighted by molar-refractivity contribution is 8.00. The number of nitrogens with zero attached hydrogens (tertiary/aromatic N) is 2. The maximum absolute atomic E-state index is 11.9. The van der Waals surface area contributed by atoms with Gasteiger partial charge in [-0.3, -0.25) is 9.59 Å². The van der Waals surface area contributed by atoms with E-state index >= 15 is 0 Å². The summed E-state index contributed by atoms with van der Waals surface area (Å²) in [6, 6.07) is 0. The average Bonchev–Trinajstić information content (AvgIpc) is 2.49. The van der Waals surface area contributed by atoms with Gasteiger partial charge in [0.15, 0.2) is 0 Å². The van der Waals surface area contributed by atoms with E-state index < -0.39 is 0 Å². The van der Waals surface area contributed by atoms with Gasteiger partial charge in [-0.15, -0.1) is 11.8 Å². The molecule has 0 aromatic heterocycles. The SMILES string of the molecule is O=C(CSCC(=O)N1CCCCC1)N1CCCCC1. The van der Waals surface area contributed by atoms with Crippen LogP contribution in [0.4, 0.5) is 0 Å². The van der Waals surface area contributed by atoms with Crippen LogP contribution in [0.25, 0.3) is 0 Å². The van der Waals surface area contributed by atoms with Crippen LogP contribution >= 0.6 is 11.8 Å². The summed E-state index contributed by atoms with van der Waals surface area (Å²) in [6.45, 7) is 3.61. The van der Waals surface area contributed by atoms with Crippen molar-refractivity contribution in [3.63, 3.8) is 0 Å². The van der Waals surface area contributed by atoms with E-state index in [9.17, 15) is 9.59 Å². The van der Waals surface area contributed by atoms with Crippen LogP contribution in [0.15, 0.2) is 0 Å². The summed E-state index contributed by atoms with van der Waals surface area (Å²) in [7, 11) is 0. The summed E-state index contributed by atoms with van der Waals surface area (Å²) in [4.78, 5) is 27.8. The van der Waals surface area contributed by atoms with Crippen LogP contribution in [0.5, 0.6) is 0 Å². The first kappa shape index (κ1) is 14.7. The van der Waals surface area contributed by atoms with Gasteiger partial charge in [-0.1, -0.05) is 0 Å². The smallest absolute Gasteiger partial charge is 0.232 e. The molecule has 0 atom stereocenters. The van der Waals surface area contributed by atoms with Gasteiger partial charge in [0.25, 0.3) is 0 Å². The molecule has 2 heterocycles. The quantitative estimate of drug-likeness (QED) is 0.789. The van der Waals surface area contributed by atoms with E-state index in [-0.39, 0.29) is 11.8 Å². The molecule has 108 valence electrons. The summed E-state index contributed by atoms with van der Waals surface area (Å²) < 4.78 is 0. The molecule has 0 saturated carbocycles. The molecule has 0 bridgehead atoms. The van der Waals surface area contributed by atoms with Gasteiger partial charge < -0.3 is 9.80 Å². The number of likely N-dealkylation sites (tertiary alicyclic amines) is 2. The van der Waals surface area contributed by atoms with Gasteiger partial charge in [-0.25, -0.2) is 0 Å². The lowest BCUT2D eigenvalue weighted by Gasteiger charge is -2.27. The summed E-state index contributed by atoms with van der Waals surface area (Å²) in [5.41, 5.74) is 0. The summed E-state index contributed by atoms with van der Waals surface area (Å²) >= 11 is 1.47. The Balaban J connectivity index is 1.62. The molecular formula is C14H24N2O2S. The third kappa shape index (κ3) is 4.71. The van der Waals surface area contributed by atoms with Crippen molar-refractivity contribution in [3.05, 3.63) is 0 Å². The molecule has 2 amide bonds. The highest BCUT2D eigenvalue weighted by atomic mass is 32.2. The Morgan fingerprint density at radius 2 is 1.05 bits per heavy atom. The molecule has 0 radical (unpaired) electrons. The molecule has 0 spiro atoms. The molecule has 2 aliphatic heterocycles. The number of hydrogen-bond donors (Lipinski definition) is 0. The second-order valence-corrected chi connectivity index (χ2v) is 6.36. The van der Waals surface area contributed by atoms with E-state index in [1.54, 1.807) is 0 Å². The number of carbonyl (C=O) groups excluding carboxylic acids is 2. The normalized spacial score (nSPS) is 20.4. The maximum atomic E-state index is 11.9. The summed E-state index contributed by atoms with van der Waals surface area (Å²) in [6.07, 6.45) is 6.99. The molecule has 0 unspecified atom stereocenters. The molecule has 2 fully saturated rings. The van der Waals surface area contributed by atoms with E-state index in [4.69, 9.17) is 0 Å². The van der Waals surface area contributed by atoms with Crippen LogP contribution in [-0.4, -0.2) is 59.3 Å². The molecule has 0 aromatic carbocycles. The van der Waals surface area contributed by atoms with E-state index in [0.29, 0.717) is 11.5 Å². The number of thioether (sulfide) groups is 1. The molecule has 2 rings (SSSR count). The van der Waals surface area contributed by atoms with E-state index in [0.717, 1.165) is 51.9 Å². The van der Waals surface area contributed by atoms with Crippen molar-refractivity contribution in [3.8, 4) is 0 Å². The molecule has 0 N–H and O–H groups in total. The minimum Gasteiger partial charge on any atom is -0.342 e. The largest absolute Gasteiger partial charge is 0.342 e. The van der Waals surface area contributed by atoms with E-state index in [1.807, 2.05) is 9.80 Å². The van der Waals surface area contributed by atoms with Crippen molar-refractivity contribution in [1.29, 1.82) is 0 Å². The molecule has 19 heavy (non-hydrogen) atoms. The van der Waals surface area contributed by atoms with Gasteiger partial charge in [0.2, 0.25) is 11.8 Å². The molecule has 5 heteroatoms. The number of carbonyl (C=O) groups is 2. The third-order valence-corrected chi connectivity index (χ3v) is 4.77. The van der Waals surface area contributed by atoms with Crippen molar-refractivity contribution in [2.45, 2.75) is 38.5 Å². The Labute approximate surface area is 119 Å². The Morgan fingerprint density at radius 3 is 1.42 bits per heavy atom. The van der Waals surface area contributed by atoms with Crippen molar-refractivity contribution >= 4 is 23.6 Å². The third-order valence-electron chi connectivity index (χ3n) is 3.87. The molecule has 0 aliphatic carbocycles. The zero-order valence-electron chi connectivity index (χ0n) is 11.6. The highest BCUT2D eigenvalue weighted by Gasteiger charge is 2.19. The van der Waals surface area contributed by atoms with Gasteiger partial charge in [0, 0.05) is 26.2 Å². The molecule has 2 aliphatic rings. The first-order valence-corrected chi connectivity index (χ1v) is 8.56. The number of rotatable bonds is 4. The van der Waals surface area contributed by atoms with Crippen LogP contribution in [-0.2, 0) is 9.59 Å². The Morgan fingerprint density at radius 1 is 0.684 bits per heavy atom. The van der Waals surface area contributed by atoms with E-state index in [1.165, 1.54) is 24.6 Å². The minimum absolute atomic E-state index is 0.205. The van der Waals surface area contributed by atoms with E-state index in [2.05, 4.69) is 0 Å². The fraction of sp³-hybridized carbons (Fsp3) is 0.857. The van der Waals surface area contributed by atoms with Gasteiger partial charge >= 0.3 is 0 Å². The predicted molar refractivity (Wildman–Crippen MR) is 78.2 cm³/mol. The summed E-state index contributed by atoms with van der Waals surface area (Å²) in [5.74, 6) is 1.33. The van der Waals surface area contributed by atoms with Gasteiger partial charge in [0.05, 0.1) is 11.5 Å². The van der Waals surface area contributed by atoms with Crippen molar-refractivity contribution in [2.24, 2.45) is 0 Å². The lowest BCUT2D eigenvalue weighted by atomic mass is 10.1. The maximum Gasteiger partial charge on any atom is 0.232 e. The Bertz CT molecular complexity index is 281. The first-order chi connectivity index (χ1) is 9.27. The topological polar surface area (TPSA) is 40.6 Å². The van der Waals surface area contributed by atoms with Crippen molar-refractivity contribution in [2.75, 3.05) is 37.7 Å². The van der Waals surface area contributed by atoms with Crippen LogP contribution < -0.4 is 0 Å². The van der Waals surface area contributed by atoms with Crippen LogP contribution in [0.1, 0.15) is 38.5 Å². The van der Waals surface area contributed by atoms with Gasteiger partial charge in [-0.2, -0.15) is 0 Å². The fourth-order valence-electron chi connectivity index (χ4n) is 2.69. The minimum atomic E-state index is 0.205. The van der Waals surface area contributed by atoms with Crippen molar-refractivity contribution in [1.82, 2.24) is 9.80 Å². The zero-order chi connectivity index (χ0) is 13.5. The molecular weight excluding hydrogens is 260 g/mol. The van der Waals surface area contributed by atoms with Gasteiger partial charge in [0.1, 0.15) is 0 Å². The monoisotopic (exact) mass is 284 g/mol. The van der Waals surface area contributed by atoms with Gasteiger partial charge in [-0.05, 0) is 38.5 Å². The second kappa shape index (κ2) is 7.78. The lowest BCUT2D eigenvalue weighted by Crippen LogP contribution is -2.38. The molecule has 0 aromatic rings. The molecule has 2 saturated heterocycles. The molecule has 4 nitrogen and oxygen atoms in total. The van der Waals surface area contributed by atoms with Crippen LogP contribution in [0, 0.1) is 0 Å². The van der Waals surface area contributed by atoms with Crippen LogP contribution in [0.3, 0.4) is 0 Å². The highest BCUT2D eigenvalue weighted by Crippen LogP contribution is 2.13. The zero-order valence-corrected chi connectivity index (χ0v) is 12.4. The van der Waals surface area contributed by atoms with Crippen LogP contribution in [0.2, 0.25) is 0 Å². The lowest BCUT2D eigenvalue weighted by molar-refractivity contribution is -0.129. The number of hydrogen-bond acceptors (Lipinski definition) is 3.